The minimum Gasteiger partial charge on any atom is -0.387 e. The van der Waals surface area contributed by atoms with Crippen LogP contribution in [0.25, 0.3) is 21.5 Å². The zero-order valence-electron chi connectivity index (χ0n) is 13.3. The molecule has 0 aliphatic heterocycles. The van der Waals surface area contributed by atoms with E-state index in [4.69, 9.17) is 0 Å². The van der Waals surface area contributed by atoms with Crippen molar-refractivity contribution in [2.24, 2.45) is 0 Å². The summed E-state index contributed by atoms with van der Waals surface area (Å²) >= 11 is 0. The number of likely N-dealkylation sites (N-methyl/N-ethyl adjacent to an activating group) is 1. The zero-order valence-corrected chi connectivity index (χ0v) is 13.3. The summed E-state index contributed by atoms with van der Waals surface area (Å²) in [6.45, 7) is 6.86. The minimum atomic E-state index is -0.464. The van der Waals surface area contributed by atoms with Crippen molar-refractivity contribution in [3.05, 3.63) is 60.2 Å². The van der Waals surface area contributed by atoms with Gasteiger partial charge in [0.1, 0.15) is 0 Å². The van der Waals surface area contributed by atoms with E-state index in [9.17, 15) is 5.11 Å². The van der Waals surface area contributed by atoms with Crippen LogP contribution in [0.1, 0.15) is 25.5 Å². The summed E-state index contributed by atoms with van der Waals surface area (Å²) in [5, 5.41) is 15.6. The van der Waals surface area contributed by atoms with Gasteiger partial charge >= 0.3 is 0 Å². The van der Waals surface area contributed by atoms with Gasteiger partial charge in [-0.05, 0) is 46.3 Å². The summed E-state index contributed by atoms with van der Waals surface area (Å²) in [5.74, 6) is 0. The number of fused-ring (bicyclic) bond motifs is 3. The molecule has 0 radical (unpaired) electrons. The second kappa shape index (κ2) is 6.47. The van der Waals surface area contributed by atoms with Crippen molar-refractivity contribution in [3.8, 4) is 0 Å². The van der Waals surface area contributed by atoms with Gasteiger partial charge in [-0.15, -0.1) is 0 Å². The average molecular weight is 293 g/mol. The van der Waals surface area contributed by atoms with E-state index in [-0.39, 0.29) is 0 Å². The maximum Gasteiger partial charge on any atom is 0.0923 e. The lowest BCUT2D eigenvalue weighted by molar-refractivity contribution is 0.120. The van der Waals surface area contributed by atoms with Crippen LogP contribution in [0.2, 0.25) is 0 Å². The fourth-order valence-corrected chi connectivity index (χ4v) is 3.18. The van der Waals surface area contributed by atoms with Crippen LogP contribution < -0.4 is 0 Å². The number of aliphatic hydroxyl groups excluding tert-OH is 1. The van der Waals surface area contributed by atoms with Crippen LogP contribution in [0.3, 0.4) is 0 Å². The molecule has 114 valence electrons. The zero-order chi connectivity index (χ0) is 15.5. The molecule has 0 saturated heterocycles. The van der Waals surface area contributed by atoms with Crippen LogP contribution in [0.4, 0.5) is 0 Å². The van der Waals surface area contributed by atoms with E-state index in [1.807, 2.05) is 6.07 Å². The highest BCUT2D eigenvalue weighted by Crippen LogP contribution is 2.32. The highest BCUT2D eigenvalue weighted by molar-refractivity contribution is 6.09. The van der Waals surface area contributed by atoms with E-state index in [2.05, 4.69) is 67.3 Å². The van der Waals surface area contributed by atoms with Gasteiger partial charge in [0.2, 0.25) is 0 Å². The molecule has 0 aliphatic rings. The smallest absolute Gasteiger partial charge is 0.0923 e. The normalized spacial score (nSPS) is 13.1. The van der Waals surface area contributed by atoms with Gasteiger partial charge in [-0.2, -0.15) is 0 Å². The van der Waals surface area contributed by atoms with E-state index in [0.717, 1.165) is 24.0 Å². The Hall–Kier alpha value is -1.90. The van der Waals surface area contributed by atoms with E-state index in [0.29, 0.717) is 6.54 Å². The van der Waals surface area contributed by atoms with Gasteiger partial charge in [-0.25, -0.2) is 0 Å². The molecule has 3 aromatic carbocycles. The molecule has 0 spiro atoms. The molecule has 0 aromatic heterocycles. The van der Waals surface area contributed by atoms with Crippen molar-refractivity contribution in [1.82, 2.24) is 4.90 Å². The average Bonchev–Trinajstić information content (AvgIpc) is 2.58. The molecule has 2 heteroatoms. The molecule has 2 nitrogen and oxygen atoms in total. The van der Waals surface area contributed by atoms with Gasteiger partial charge < -0.3 is 10.0 Å². The van der Waals surface area contributed by atoms with Crippen LogP contribution in [0.5, 0.6) is 0 Å². The van der Waals surface area contributed by atoms with E-state index < -0.39 is 6.10 Å². The number of hydrogen-bond donors (Lipinski definition) is 1. The van der Waals surface area contributed by atoms with Crippen molar-refractivity contribution in [1.29, 1.82) is 0 Å². The highest BCUT2D eigenvalue weighted by atomic mass is 16.3. The maximum atomic E-state index is 10.8. The third-order valence-electron chi connectivity index (χ3n) is 4.48. The van der Waals surface area contributed by atoms with Crippen molar-refractivity contribution >= 4 is 21.5 Å². The molecule has 1 atom stereocenters. The van der Waals surface area contributed by atoms with Gasteiger partial charge in [-0.3, -0.25) is 0 Å². The standard InChI is InChI=1S/C20H23NO/c1-3-21(4-2)14-20(22)19-13-15-9-5-6-10-16(15)17-11-7-8-12-18(17)19/h5-13,20,22H,3-4,14H2,1-2H3/t20-/m1/s1. The highest BCUT2D eigenvalue weighted by Gasteiger charge is 2.15. The molecule has 0 unspecified atom stereocenters. The van der Waals surface area contributed by atoms with Crippen molar-refractivity contribution in [2.75, 3.05) is 19.6 Å². The Balaban J connectivity index is 2.15. The molecule has 0 saturated carbocycles. The Morgan fingerprint density at radius 1 is 0.864 bits per heavy atom. The first-order valence-corrected chi connectivity index (χ1v) is 8.05. The fraction of sp³-hybridized carbons (Fsp3) is 0.300. The molecule has 0 heterocycles. The topological polar surface area (TPSA) is 23.5 Å². The molecule has 0 amide bonds. The fourth-order valence-electron chi connectivity index (χ4n) is 3.18. The summed E-state index contributed by atoms with van der Waals surface area (Å²) in [6.07, 6.45) is -0.464. The first-order valence-electron chi connectivity index (χ1n) is 8.05. The van der Waals surface area contributed by atoms with Crippen molar-refractivity contribution < 1.29 is 5.11 Å². The van der Waals surface area contributed by atoms with Crippen LogP contribution >= 0.6 is 0 Å². The van der Waals surface area contributed by atoms with Crippen molar-refractivity contribution in [2.45, 2.75) is 20.0 Å². The van der Waals surface area contributed by atoms with Gasteiger partial charge in [0.25, 0.3) is 0 Å². The lowest BCUT2D eigenvalue weighted by Crippen LogP contribution is -2.28. The van der Waals surface area contributed by atoms with E-state index >= 15 is 0 Å². The molecule has 3 aromatic rings. The molecule has 22 heavy (non-hydrogen) atoms. The second-order valence-electron chi connectivity index (χ2n) is 5.73. The SMILES string of the molecule is CCN(CC)C[C@@H](O)c1cc2ccccc2c2ccccc12. The second-order valence-corrected chi connectivity index (χ2v) is 5.73. The molecule has 0 aliphatic carbocycles. The Bertz CT molecular complexity index is 777. The number of benzene rings is 3. The van der Waals surface area contributed by atoms with Crippen LogP contribution in [-0.4, -0.2) is 29.6 Å². The van der Waals surface area contributed by atoms with Gasteiger partial charge in [0.15, 0.2) is 0 Å². The quantitative estimate of drug-likeness (QED) is 0.706. The number of rotatable bonds is 5. The Kier molecular flexibility index (Phi) is 4.41. The van der Waals surface area contributed by atoms with E-state index in [1.54, 1.807) is 0 Å². The van der Waals surface area contributed by atoms with Crippen molar-refractivity contribution in [3.63, 3.8) is 0 Å². The largest absolute Gasteiger partial charge is 0.387 e. The molecule has 0 fully saturated rings. The predicted octanol–water partition coefficient (Wildman–Crippen LogP) is 4.37. The third-order valence-corrected chi connectivity index (χ3v) is 4.48. The minimum absolute atomic E-state index is 0.464. The van der Waals surface area contributed by atoms with Crippen LogP contribution in [0, 0.1) is 0 Å². The first-order chi connectivity index (χ1) is 10.7. The summed E-state index contributed by atoms with van der Waals surface area (Å²) in [5.41, 5.74) is 1.03. The maximum absolute atomic E-state index is 10.8. The van der Waals surface area contributed by atoms with Gasteiger partial charge in [0.05, 0.1) is 6.10 Å². The Morgan fingerprint density at radius 2 is 1.45 bits per heavy atom. The third kappa shape index (κ3) is 2.72. The van der Waals surface area contributed by atoms with Crippen LogP contribution in [0.15, 0.2) is 54.6 Å². The van der Waals surface area contributed by atoms with Gasteiger partial charge in [0, 0.05) is 6.54 Å². The predicted molar refractivity (Wildman–Crippen MR) is 94.2 cm³/mol. The molecule has 1 N–H and O–H groups in total. The molecule has 3 rings (SSSR count). The lowest BCUT2D eigenvalue weighted by atomic mass is 9.94. The van der Waals surface area contributed by atoms with Crippen LogP contribution in [-0.2, 0) is 0 Å². The first kappa shape index (κ1) is 15.0. The Morgan fingerprint density at radius 3 is 2.14 bits per heavy atom. The summed E-state index contributed by atoms with van der Waals surface area (Å²) < 4.78 is 0. The number of nitrogens with zero attached hydrogens (tertiary/aromatic N) is 1. The molecular weight excluding hydrogens is 270 g/mol. The number of hydrogen-bond acceptors (Lipinski definition) is 2. The molecular formula is C20H23NO. The Labute approximate surface area is 132 Å². The lowest BCUT2D eigenvalue weighted by Gasteiger charge is -2.23. The molecule has 0 bridgehead atoms. The number of aliphatic hydroxyl groups is 1. The summed E-state index contributed by atoms with van der Waals surface area (Å²) in [7, 11) is 0. The monoisotopic (exact) mass is 293 g/mol. The van der Waals surface area contributed by atoms with Gasteiger partial charge in [-0.1, -0.05) is 62.4 Å². The van der Waals surface area contributed by atoms with E-state index in [1.165, 1.54) is 16.2 Å². The summed E-state index contributed by atoms with van der Waals surface area (Å²) in [6, 6.07) is 18.9. The summed E-state index contributed by atoms with van der Waals surface area (Å²) in [4.78, 5) is 2.26.